The molecule has 0 fully saturated rings. The van der Waals surface area contributed by atoms with Crippen molar-refractivity contribution in [2.24, 2.45) is 33.7 Å². The third kappa shape index (κ3) is 4.44. The Hall–Kier alpha value is -1.61. The molecular formula is C20H31N3. The van der Waals surface area contributed by atoms with Gasteiger partial charge < -0.3 is 11.5 Å². The van der Waals surface area contributed by atoms with E-state index in [9.17, 15) is 0 Å². The zero-order valence-electron chi connectivity index (χ0n) is 14.8. The van der Waals surface area contributed by atoms with E-state index in [2.05, 4.69) is 44.7 Å². The molecule has 2 unspecified atom stereocenters. The van der Waals surface area contributed by atoms with Crippen molar-refractivity contribution in [3.05, 3.63) is 47.7 Å². The van der Waals surface area contributed by atoms with E-state index in [1.54, 1.807) is 0 Å². The van der Waals surface area contributed by atoms with Crippen molar-refractivity contribution in [1.29, 1.82) is 0 Å². The molecule has 0 radical (unpaired) electrons. The molecule has 2 aliphatic rings. The molecule has 0 aromatic heterocycles. The molecule has 0 amide bonds. The van der Waals surface area contributed by atoms with Gasteiger partial charge in [-0.1, -0.05) is 44.7 Å². The van der Waals surface area contributed by atoms with Crippen LogP contribution >= 0.6 is 0 Å². The molecule has 0 bridgehead atoms. The second kappa shape index (κ2) is 7.31. The monoisotopic (exact) mass is 313 g/mol. The van der Waals surface area contributed by atoms with Gasteiger partial charge in [-0.05, 0) is 55.2 Å². The first-order valence-corrected chi connectivity index (χ1v) is 8.57. The highest BCUT2D eigenvalue weighted by atomic mass is 14.8. The summed E-state index contributed by atoms with van der Waals surface area (Å²) in [6.45, 7) is 12.2. The van der Waals surface area contributed by atoms with Crippen LogP contribution in [-0.2, 0) is 0 Å². The summed E-state index contributed by atoms with van der Waals surface area (Å²) in [5.74, 6) is 0.724. The van der Waals surface area contributed by atoms with Crippen LogP contribution in [0.3, 0.4) is 0 Å². The number of aliphatic imine (C=N–C) groups is 1. The first-order chi connectivity index (χ1) is 10.8. The van der Waals surface area contributed by atoms with Crippen LogP contribution in [0.25, 0.3) is 0 Å². The van der Waals surface area contributed by atoms with Crippen LogP contribution in [0.1, 0.15) is 40.0 Å². The molecule has 0 saturated carbocycles. The van der Waals surface area contributed by atoms with Crippen LogP contribution in [0, 0.1) is 17.3 Å². The fourth-order valence-corrected chi connectivity index (χ4v) is 3.37. The third-order valence-electron chi connectivity index (χ3n) is 4.91. The Bertz CT molecular complexity index is 576. The van der Waals surface area contributed by atoms with Crippen LogP contribution in [-0.4, -0.2) is 18.8 Å². The van der Waals surface area contributed by atoms with Crippen molar-refractivity contribution < 1.29 is 0 Å². The van der Waals surface area contributed by atoms with Crippen LogP contribution < -0.4 is 11.5 Å². The van der Waals surface area contributed by atoms with Gasteiger partial charge in [-0.3, -0.25) is 4.99 Å². The summed E-state index contributed by atoms with van der Waals surface area (Å²) in [4.78, 5) is 4.92. The zero-order chi connectivity index (χ0) is 17.0. The Kier molecular flexibility index (Phi) is 5.64. The predicted molar refractivity (Wildman–Crippen MR) is 100 cm³/mol. The van der Waals surface area contributed by atoms with Gasteiger partial charge in [0.2, 0.25) is 0 Å². The number of nitrogens with zero attached hydrogens (tertiary/aromatic N) is 1. The molecule has 2 atom stereocenters. The summed E-state index contributed by atoms with van der Waals surface area (Å²) in [5, 5.41) is 0. The standard InChI is InChI=1S/C20H31N3/c1-14(2)19(17-11-20(3,4)10-9-18(17)22)23-13-16-8-6-5-7-15(16)12-21/h5-8,15-16H,1,9-13,21-22H2,2-4H3. The van der Waals surface area contributed by atoms with Crippen molar-refractivity contribution in [2.75, 3.05) is 13.1 Å². The summed E-state index contributed by atoms with van der Waals surface area (Å²) in [6.07, 6.45) is 11.6. The maximum atomic E-state index is 6.31. The fraction of sp³-hybridized carbons (Fsp3) is 0.550. The van der Waals surface area contributed by atoms with Crippen LogP contribution in [0.2, 0.25) is 0 Å². The third-order valence-corrected chi connectivity index (χ3v) is 4.91. The molecule has 126 valence electrons. The van der Waals surface area contributed by atoms with Gasteiger partial charge in [0, 0.05) is 18.2 Å². The second-order valence-corrected chi connectivity index (χ2v) is 7.65. The molecule has 0 aromatic rings. The maximum absolute atomic E-state index is 6.31. The minimum Gasteiger partial charge on any atom is -0.402 e. The lowest BCUT2D eigenvalue weighted by Gasteiger charge is -2.33. The Morgan fingerprint density at radius 2 is 1.96 bits per heavy atom. The molecule has 23 heavy (non-hydrogen) atoms. The van der Waals surface area contributed by atoms with Crippen LogP contribution in [0.4, 0.5) is 0 Å². The lowest BCUT2D eigenvalue weighted by Crippen LogP contribution is -2.27. The molecule has 0 aliphatic heterocycles. The average molecular weight is 313 g/mol. The van der Waals surface area contributed by atoms with Gasteiger partial charge in [0.05, 0.1) is 5.71 Å². The summed E-state index contributed by atoms with van der Waals surface area (Å²) in [5.41, 5.74) is 16.7. The largest absolute Gasteiger partial charge is 0.402 e. The lowest BCUT2D eigenvalue weighted by molar-refractivity contribution is 0.318. The molecule has 4 N–H and O–H groups in total. The number of nitrogens with two attached hydrogens (primary N) is 2. The van der Waals surface area contributed by atoms with Crippen LogP contribution in [0.15, 0.2) is 52.7 Å². The molecule has 0 heterocycles. The summed E-state index contributed by atoms with van der Waals surface area (Å²) >= 11 is 0. The molecular weight excluding hydrogens is 282 g/mol. The molecule has 3 nitrogen and oxygen atoms in total. The van der Waals surface area contributed by atoms with Crippen molar-refractivity contribution in [1.82, 2.24) is 0 Å². The summed E-state index contributed by atoms with van der Waals surface area (Å²) < 4.78 is 0. The van der Waals surface area contributed by atoms with Gasteiger partial charge in [0.25, 0.3) is 0 Å². The Morgan fingerprint density at radius 1 is 1.30 bits per heavy atom. The SMILES string of the molecule is C=C(C)C(=NCC1C=CC=CC1CN)C1=C(N)CCC(C)(C)C1. The number of hydrogen-bond acceptors (Lipinski definition) is 3. The first kappa shape index (κ1) is 17.7. The van der Waals surface area contributed by atoms with Gasteiger partial charge in [-0.15, -0.1) is 0 Å². The predicted octanol–water partition coefficient (Wildman–Crippen LogP) is 3.74. The van der Waals surface area contributed by atoms with Crippen molar-refractivity contribution in [2.45, 2.75) is 40.0 Å². The molecule has 2 aliphatic carbocycles. The molecule has 0 spiro atoms. The summed E-state index contributed by atoms with van der Waals surface area (Å²) in [6, 6.07) is 0. The van der Waals surface area contributed by atoms with Gasteiger partial charge in [-0.2, -0.15) is 0 Å². The molecule has 0 saturated heterocycles. The quantitative estimate of drug-likeness (QED) is 0.759. The maximum Gasteiger partial charge on any atom is 0.0647 e. The smallest absolute Gasteiger partial charge is 0.0647 e. The topological polar surface area (TPSA) is 64.4 Å². The van der Waals surface area contributed by atoms with E-state index in [1.807, 2.05) is 6.92 Å². The summed E-state index contributed by atoms with van der Waals surface area (Å²) in [7, 11) is 0. The first-order valence-electron chi connectivity index (χ1n) is 8.57. The van der Waals surface area contributed by atoms with Crippen molar-refractivity contribution in [3.8, 4) is 0 Å². The van der Waals surface area contributed by atoms with E-state index in [-0.39, 0.29) is 5.41 Å². The highest BCUT2D eigenvalue weighted by molar-refractivity contribution is 6.12. The lowest BCUT2D eigenvalue weighted by atomic mass is 9.74. The van der Waals surface area contributed by atoms with E-state index in [0.29, 0.717) is 18.4 Å². The number of allylic oxidation sites excluding steroid dienone is 5. The highest BCUT2D eigenvalue weighted by Crippen LogP contribution is 2.38. The average Bonchev–Trinajstić information content (AvgIpc) is 2.51. The normalized spacial score (nSPS) is 27.4. The van der Waals surface area contributed by atoms with E-state index in [0.717, 1.165) is 42.8 Å². The minimum atomic E-state index is 0.279. The van der Waals surface area contributed by atoms with E-state index in [1.165, 1.54) is 5.57 Å². The van der Waals surface area contributed by atoms with Crippen molar-refractivity contribution >= 4 is 5.71 Å². The van der Waals surface area contributed by atoms with E-state index < -0.39 is 0 Å². The second-order valence-electron chi connectivity index (χ2n) is 7.65. The van der Waals surface area contributed by atoms with Gasteiger partial charge >= 0.3 is 0 Å². The van der Waals surface area contributed by atoms with E-state index in [4.69, 9.17) is 16.5 Å². The number of hydrogen-bond donors (Lipinski definition) is 2. The van der Waals surface area contributed by atoms with Gasteiger partial charge in [0.15, 0.2) is 0 Å². The Morgan fingerprint density at radius 3 is 2.57 bits per heavy atom. The highest BCUT2D eigenvalue weighted by Gasteiger charge is 2.29. The van der Waals surface area contributed by atoms with Gasteiger partial charge in [-0.25, -0.2) is 0 Å². The molecule has 2 rings (SSSR count). The number of rotatable bonds is 5. The molecule has 3 heteroatoms. The Labute approximate surface area is 140 Å². The zero-order valence-corrected chi connectivity index (χ0v) is 14.8. The van der Waals surface area contributed by atoms with Gasteiger partial charge in [0.1, 0.15) is 0 Å². The van der Waals surface area contributed by atoms with Crippen LogP contribution in [0.5, 0.6) is 0 Å². The Balaban J connectivity index is 2.23. The fourth-order valence-electron chi connectivity index (χ4n) is 3.37. The van der Waals surface area contributed by atoms with Crippen molar-refractivity contribution in [3.63, 3.8) is 0 Å². The minimum absolute atomic E-state index is 0.279. The molecule has 0 aromatic carbocycles. The van der Waals surface area contributed by atoms with E-state index >= 15 is 0 Å².